The number of nitrogens with zero attached hydrogens (tertiary/aromatic N) is 3. The number of carbonyl (C=O) groups is 1. The molecule has 1 fully saturated rings. The van der Waals surface area contributed by atoms with Gasteiger partial charge in [0.1, 0.15) is 0 Å². The maximum Gasteiger partial charge on any atom is 0.273 e. The number of anilines is 1. The Morgan fingerprint density at radius 2 is 1.71 bits per heavy atom. The quantitative estimate of drug-likeness (QED) is 0.652. The number of ether oxygens (including phenoxy) is 1. The first-order chi connectivity index (χ1) is 15.0. The monoisotopic (exact) mass is 422 g/mol. The number of benzene rings is 2. The maximum atomic E-state index is 12.8. The van der Waals surface area contributed by atoms with Gasteiger partial charge >= 0.3 is 0 Å². The van der Waals surface area contributed by atoms with Crippen LogP contribution in [0.5, 0.6) is 0 Å². The molecule has 1 amide bonds. The Hall–Kier alpha value is -3.39. The Kier molecular flexibility index (Phi) is 6.18. The number of fused-ring (bicyclic) bond motifs is 1. The molecule has 8 nitrogen and oxygen atoms in total. The molecular weight excluding hydrogens is 396 g/mol. The van der Waals surface area contributed by atoms with Crippen LogP contribution in [0.1, 0.15) is 12.0 Å². The summed E-state index contributed by atoms with van der Waals surface area (Å²) in [6.45, 7) is 3.63. The van der Waals surface area contributed by atoms with E-state index in [4.69, 9.17) is 4.74 Å². The van der Waals surface area contributed by atoms with Crippen LogP contribution in [-0.2, 0) is 22.6 Å². The molecule has 0 spiro atoms. The minimum atomic E-state index is -0.338. The van der Waals surface area contributed by atoms with E-state index in [0.717, 1.165) is 24.3 Å². The summed E-state index contributed by atoms with van der Waals surface area (Å²) < 4.78 is 6.66. The molecular formula is C23H26N4O4. The van der Waals surface area contributed by atoms with Crippen molar-refractivity contribution < 1.29 is 9.53 Å². The summed E-state index contributed by atoms with van der Waals surface area (Å²) in [4.78, 5) is 41.5. The average molecular weight is 422 g/mol. The normalized spacial score (nSPS) is 14.0. The van der Waals surface area contributed by atoms with Gasteiger partial charge in [0.25, 0.3) is 11.1 Å². The van der Waals surface area contributed by atoms with E-state index < -0.39 is 0 Å². The van der Waals surface area contributed by atoms with E-state index in [9.17, 15) is 14.4 Å². The topological polar surface area (TPSA) is 87.6 Å². The second-order valence-electron chi connectivity index (χ2n) is 7.67. The molecule has 8 heteroatoms. The Morgan fingerprint density at radius 3 is 2.48 bits per heavy atom. The number of carbonyl (C=O) groups excluding carboxylic acids is 1. The van der Waals surface area contributed by atoms with Crippen LogP contribution in [0.3, 0.4) is 0 Å². The van der Waals surface area contributed by atoms with E-state index in [1.807, 2.05) is 18.2 Å². The fraction of sp³-hybridized carbons (Fsp3) is 0.348. The second-order valence-corrected chi connectivity index (χ2v) is 7.67. The van der Waals surface area contributed by atoms with E-state index in [-0.39, 0.29) is 30.0 Å². The number of amides is 1. The number of aryl methyl sites for hydroxylation is 1. The van der Waals surface area contributed by atoms with Crippen LogP contribution in [0, 0.1) is 0 Å². The number of nitrogens with one attached hydrogen (secondary N) is 1. The van der Waals surface area contributed by atoms with Gasteiger partial charge in [0.15, 0.2) is 0 Å². The lowest BCUT2D eigenvalue weighted by atomic mass is 10.1. The Bertz CT molecular complexity index is 1190. The van der Waals surface area contributed by atoms with Gasteiger partial charge in [-0.05, 0) is 23.8 Å². The molecule has 1 N–H and O–H groups in total. The van der Waals surface area contributed by atoms with E-state index in [1.54, 1.807) is 36.2 Å². The highest BCUT2D eigenvalue weighted by atomic mass is 16.5. The smallest absolute Gasteiger partial charge is 0.273 e. The molecule has 1 saturated heterocycles. The van der Waals surface area contributed by atoms with Crippen molar-refractivity contribution in [2.45, 2.75) is 19.5 Å². The largest absolute Gasteiger partial charge is 0.378 e. The predicted molar refractivity (Wildman–Crippen MR) is 119 cm³/mol. The molecule has 0 unspecified atom stereocenters. The van der Waals surface area contributed by atoms with Gasteiger partial charge in [-0.15, -0.1) is 0 Å². The summed E-state index contributed by atoms with van der Waals surface area (Å²) >= 11 is 0. The first-order valence-electron chi connectivity index (χ1n) is 10.4. The van der Waals surface area contributed by atoms with Gasteiger partial charge in [0.05, 0.1) is 30.5 Å². The number of rotatable bonds is 6. The summed E-state index contributed by atoms with van der Waals surface area (Å²) in [5, 5.41) is 3.28. The average Bonchev–Trinajstić information content (AvgIpc) is 2.81. The van der Waals surface area contributed by atoms with Crippen LogP contribution < -0.4 is 16.0 Å². The molecule has 0 bridgehead atoms. The predicted octanol–water partition coefficient (Wildman–Crippen LogP) is 1.58. The fourth-order valence-corrected chi connectivity index (χ4v) is 3.90. The van der Waals surface area contributed by atoms with Crippen LogP contribution in [-0.4, -0.2) is 53.9 Å². The number of hydrogen-bond donors (Lipinski definition) is 1. The van der Waals surface area contributed by atoms with E-state index in [1.165, 1.54) is 4.68 Å². The van der Waals surface area contributed by atoms with Crippen molar-refractivity contribution >= 4 is 22.4 Å². The molecule has 0 aliphatic carbocycles. The molecule has 1 aromatic heterocycles. The van der Waals surface area contributed by atoms with Crippen molar-refractivity contribution in [1.82, 2.24) is 14.7 Å². The summed E-state index contributed by atoms with van der Waals surface area (Å²) in [5.74, 6) is -0.0994. The molecule has 0 atom stereocenters. The number of aromatic amines is 1. The summed E-state index contributed by atoms with van der Waals surface area (Å²) in [7, 11) is 1.75. The molecule has 0 saturated carbocycles. The molecule has 3 aromatic rings. The van der Waals surface area contributed by atoms with Gasteiger partial charge in [0, 0.05) is 38.8 Å². The third-order valence-electron chi connectivity index (χ3n) is 5.61. The highest BCUT2D eigenvalue weighted by Crippen LogP contribution is 2.22. The van der Waals surface area contributed by atoms with Crippen LogP contribution in [0.25, 0.3) is 10.8 Å². The zero-order valence-electron chi connectivity index (χ0n) is 17.5. The van der Waals surface area contributed by atoms with Gasteiger partial charge in [-0.1, -0.05) is 30.3 Å². The van der Waals surface area contributed by atoms with Crippen molar-refractivity contribution in [3.63, 3.8) is 0 Å². The Balaban J connectivity index is 1.45. The molecule has 1 aliphatic heterocycles. The van der Waals surface area contributed by atoms with Gasteiger partial charge < -0.3 is 14.5 Å². The van der Waals surface area contributed by atoms with Crippen LogP contribution >= 0.6 is 0 Å². The maximum absolute atomic E-state index is 12.8. The molecule has 2 heterocycles. The molecule has 162 valence electrons. The Morgan fingerprint density at radius 1 is 1.03 bits per heavy atom. The summed E-state index contributed by atoms with van der Waals surface area (Å²) in [5.41, 5.74) is 1.54. The van der Waals surface area contributed by atoms with Crippen LogP contribution in [0.15, 0.2) is 58.1 Å². The number of hydrogen-bond acceptors (Lipinski definition) is 5. The van der Waals surface area contributed by atoms with Gasteiger partial charge in [-0.3, -0.25) is 19.5 Å². The van der Waals surface area contributed by atoms with Crippen LogP contribution in [0.2, 0.25) is 0 Å². The lowest BCUT2D eigenvalue weighted by molar-refractivity contribution is -0.130. The van der Waals surface area contributed by atoms with Crippen molar-refractivity contribution in [2.75, 3.05) is 38.3 Å². The number of morpholine rings is 1. The van der Waals surface area contributed by atoms with Crippen molar-refractivity contribution in [3.05, 3.63) is 74.8 Å². The van der Waals surface area contributed by atoms with Crippen molar-refractivity contribution in [3.8, 4) is 0 Å². The zero-order valence-corrected chi connectivity index (χ0v) is 17.5. The molecule has 1 aliphatic rings. The Labute approximate surface area is 179 Å². The summed E-state index contributed by atoms with van der Waals surface area (Å²) in [6.07, 6.45) is 0.115. The molecule has 31 heavy (non-hydrogen) atoms. The third-order valence-corrected chi connectivity index (χ3v) is 5.61. The fourth-order valence-electron chi connectivity index (χ4n) is 3.90. The first kappa shape index (κ1) is 20.9. The molecule has 4 rings (SSSR count). The molecule has 0 radical (unpaired) electrons. The minimum Gasteiger partial charge on any atom is -0.378 e. The third kappa shape index (κ3) is 4.54. The number of H-pyrrole nitrogens is 1. The van der Waals surface area contributed by atoms with Crippen molar-refractivity contribution in [1.29, 1.82) is 0 Å². The standard InChI is InChI=1S/C23H26N4O4/c1-25(16-17-6-2-5-9-20(17)26-12-14-31-15-13-26)21(28)10-11-27-23(30)19-8-4-3-7-18(19)22(29)24-27/h2-9H,10-16H2,1H3,(H,24,29). The lowest BCUT2D eigenvalue weighted by Crippen LogP contribution is -2.37. The minimum absolute atomic E-state index is 0.0994. The van der Waals surface area contributed by atoms with E-state index >= 15 is 0 Å². The van der Waals surface area contributed by atoms with Gasteiger partial charge in [-0.2, -0.15) is 0 Å². The summed E-state index contributed by atoms with van der Waals surface area (Å²) in [6, 6.07) is 14.7. The highest BCUT2D eigenvalue weighted by Gasteiger charge is 2.17. The van der Waals surface area contributed by atoms with Gasteiger partial charge in [-0.25, -0.2) is 4.68 Å². The van der Waals surface area contributed by atoms with Crippen molar-refractivity contribution in [2.24, 2.45) is 0 Å². The number of para-hydroxylation sites is 1. The second kappa shape index (κ2) is 9.18. The van der Waals surface area contributed by atoms with Gasteiger partial charge in [0.2, 0.25) is 5.91 Å². The number of aromatic nitrogens is 2. The SMILES string of the molecule is CN(Cc1ccccc1N1CCOCC1)C(=O)CCn1[nH]c(=O)c2ccccc2c1=O. The first-order valence-corrected chi connectivity index (χ1v) is 10.4. The van der Waals surface area contributed by atoms with Crippen LogP contribution in [0.4, 0.5) is 5.69 Å². The highest BCUT2D eigenvalue weighted by molar-refractivity contribution is 5.80. The van der Waals surface area contributed by atoms with E-state index in [0.29, 0.717) is 30.5 Å². The lowest BCUT2D eigenvalue weighted by Gasteiger charge is -2.31. The van der Waals surface area contributed by atoms with E-state index in [2.05, 4.69) is 16.1 Å². The molecule has 2 aromatic carbocycles. The zero-order chi connectivity index (χ0) is 21.8.